The van der Waals surface area contributed by atoms with E-state index in [2.05, 4.69) is 34.4 Å². The minimum absolute atomic E-state index is 0.376. The maximum Gasteiger partial charge on any atom is 0.234 e. The molecule has 0 saturated heterocycles. The minimum atomic E-state index is 0.376. The van der Waals surface area contributed by atoms with Gasteiger partial charge in [-0.05, 0) is 0 Å². The second kappa shape index (κ2) is 4.03. The fourth-order valence-electron chi connectivity index (χ4n) is 1.10. The summed E-state index contributed by atoms with van der Waals surface area (Å²) in [7, 11) is 0. The van der Waals surface area contributed by atoms with E-state index in [1.54, 1.807) is 10.9 Å². The van der Waals surface area contributed by atoms with Gasteiger partial charge >= 0.3 is 0 Å². The van der Waals surface area contributed by atoms with E-state index in [1.165, 1.54) is 11.3 Å². The van der Waals surface area contributed by atoms with E-state index < -0.39 is 0 Å². The normalized spacial score (nSPS) is 11.2. The van der Waals surface area contributed by atoms with Crippen LogP contribution >= 0.6 is 11.3 Å². The van der Waals surface area contributed by atoms with Crippen LogP contribution in [0.3, 0.4) is 0 Å². The molecule has 2 heterocycles. The van der Waals surface area contributed by atoms with Gasteiger partial charge in [0, 0.05) is 12.5 Å². The van der Waals surface area contributed by atoms with E-state index in [0.717, 1.165) is 15.8 Å². The maximum atomic E-state index is 5.55. The fourth-order valence-corrected chi connectivity index (χ4v) is 1.93. The average Bonchev–Trinajstić information content (AvgIpc) is 2.85. The van der Waals surface area contributed by atoms with Gasteiger partial charge in [-0.3, -0.25) is 0 Å². The van der Waals surface area contributed by atoms with E-state index in [-0.39, 0.29) is 0 Å². The molecular formula is C8H12N6S. The standard InChI is InChI=1S/C8H12N6S/c1-5(2)7-11-12-8(15-7)14-6(3-9)4-10-13-14/h4-5H,3,9H2,1-2H3. The largest absolute Gasteiger partial charge is 0.325 e. The van der Waals surface area contributed by atoms with Crippen LogP contribution < -0.4 is 5.73 Å². The molecule has 0 fully saturated rings. The van der Waals surface area contributed by atoms with Crippen LogP contribution in [0.1, 0.15) is 30.5 Å². The Morgan fingerprint density at radius 1 is 1.47 bits per heavy atom. The Morgan fingerprint density at radius 3 is 2.87 bits per heavy atom. The Kier molecular flexibility index (Phi) is 2.74. The molecule has 0 aliphatic carbocycles. The quantitative estimate of drug-likeness (QED) is 0.829. The van der Waals surface area contributed by atoms with Crippen LogP contribution in [0.25, 0.3) is 5.13 Å². The van der Waals surface area contributed by atoms with Gasteiger partial charge in [0.2, 0.25) is 5.13 Å². The first-order valence-electron chi connectivity index (χ1n) is 4.65. The van der Waals surface area contributed by atoms with E-state index in [0.29, 0.717) is 12.5 Å². The third-order valence-electron chi connectivity index (χ3n) is 1.93. The maximum absolute atomic E-state index is 5.55. The van der Waals surface area contributed by atoms with Crippen LogP contribution in [0.2, 0.25) is 0 Å². The fraction of sp³-hybridized carbons (Fsp3) is 0.500. The molecule has 2 N–H and O–H groups in total. The molecule has 0 amide bonds. The van der Waals surface area contributed by atoms with Crippen molar-refractivity contribution in [3.05, 3.63) is 16.9 Å². The molecule has 0 aromatic carbocycles. The van der Waals surface area contributed by atoms with Gasteiger partial charge in [0.05, 0.1) is 11.9 Å². The third kappa shape index (κ3) is 1.88. The lowest BCUT2D eigenvalue weighted by atomic mass is 10.2. The van der Waals surface area contributed by atoms with Crippen LogP contribution in [0.15, 0.2) is 6.20 Å². The number of hydrogen-bond acceptors (Lipinski definition) is 6. The Bertz CT molecular complexity index is 445. The summed E-state index contributed by atoms with van der Waals surface area (Å²) in [6.45, 7) is 4.55. The van der Waals surface area contributed by atoms with Gasteiger partial charge < -0.3 is 5.73 Å². The highest BCUT2D eigenvalue weighted by molar-refractivity contribution is 7.13. The molecule has 0 unspecified atom stereocenters. The molecule has 0 radical (unpaired) electrons. The number of nitrogens with two attached hydrogens (primary N) is 1. The summed E-state index contributed by atoms with van der Waals surface area (Å²) in [6, 6.07) is 0. The number of nitrogens with zero attached hydrogens (tertiary/aromatic N) is 5. The predicted octanol–water partition coefficient (Wildman–Crippen LogP) is 0.701. The zero-order valence-electron chi connectivity index (χ0n) is 8.58. The first-order chi connectivity index (χ1) is 7.22. The summed E-state index contributed by atoms with van der Waals surface area (Å²) in [4.78, 5) is 0. The number of aromatic nitrogens is 5. The van der Waals surface area contributed by atoms with E-state index in [1.807, 2.05) is 0 Å². The Balaban J connectivity index is 2.37. The van der Waals surface area contributed by atoms with Gasteiger partial charge in [0.15, 0.2) is 0 Å². The lowest BCUT2D eigenvalue weighted by Gasteiger charge is -1.97. The van der Waals surface area contributed by atoms with E-state index in [9.17, 15) is 0 Å². The molecule has 0 atom stereocenters. The van der Waals surface area contributed by atoms with Crippen LogP contribution in [0, 0.1) is 0 Å². The smallest absolute Gasteiger partial charge is 0.234 e. The summed E-state index contributed by atoms with van der Waals surface area (Å²) in [6.07, 6.45) is 1.64. The van der Waals surface area contributed by atoms with Gasteiger partial charge in [-0.1, -0.05) is 30.4 Å². The molecule has 0 aliphatic rings. The van der Waals surface area contributed by atoms with Crippen LogP contribution in [0.5, 0.6) is 0 Å². The van der Waals surface area contributed by atoms with Crippen molar-refractivity contribution in [3.63, 3.8) is 0 Å². The molecule has 2 aromatic heterocycles. The molecular weight excluding hydrogens is 212 g/mol. The lowest BCUT2D eigenvalue weighted by Crippen LogP contribution is -2.06. The second-order valence-electron chi connectivity index (χ2n) is 3.42. The zero-order chi connectivity index (χ0) is 10.8. The lowest BCUT2D eigenvalue weighted by molar-refractivity contribution is 0.741. The molecule has 7 heteroatoms. The van der Waals surface area contributed by atoms with E-state index in [4.69, 9.17) is 5.73 Å². The zero-order valence-corrected chi connectivity index (χ0v) is 9.40. The molecule has 15 heavy (non-hydrogen) atoms. The topological polar surface area (TPSA) is 82.5 Å². The van der Waals surface area contributed by atoms with Crippen molar-refractivity contribution in [2.45, 2.75) is 26.3 Å². The minimum Gasteiger partial charge on any atom is -0.325 e. The molecule has 0 saturated carbocycles. The average molecular weight is 224 g/mol. The van der Waals surface area contributed by atoms with Gasteiger partial charge in [-0.2, -0.15) is 4.68 Å². The SMILES string of the molecule is CC(C)c1nnc(-n2nncc2CN)s1. The van der Waals surface area contributed by atoms with Gasteiger partial charge in [-0.25, -0.2) is 0 Å². The monoisotopic (exact) mass is 224 g/mol. The first kappa shape index (κ1) is 10.2. The summed E-state index contributed by atoms with van der Waals surface area (Å²) in [5.41, 5.74) is 6.39. The van der Waals surface area contributed by atoms with Crippen LogP contribution in [-0.4, -0.2) is 25.2 Å². The van der Waals surface area contributed by atoms with Crippen molar-refractivity contribution < 1.29 is 0 Å². The Hall–Kier alpha value is -1.34. The Morgan fingerprint density at radius 2 is 2.27 bits per heavy atom. The van der Waals surface area contributed by atoms with Crippen molar-refractivity contribution >= 4 is 11.3 Å². The highest BCUT2D eigenvalue weighted by Gasteiger charge is 2.12. The van der Waals surface area contributed by atoms with Crippen LogP contribution in [0.4, 0.5) is 0 Å². The van der Waals surface area contributed by atoms with Crippen molar-refractivity contribution in [2.24, 2.45) is 5.73 Å². The Labute approximate surface area is 91.1 Å². The number of rotatable bonds is 3. The van der Waals surface area contributed by atoms with Gasteiger partial charge in [0.1, 0.15) is 5.01 Å². The van der Waals surface area contributed by atoms with Crippen molar-refractivity contribution in [2.75, 3.05) is 0 Å². The van der Waals surface area contributed by atoms with E-state index >= 15 is 0 Å². The highest BCUT2D eigenvalue weighted by Crippen LogP contribution is 2.21. The molecule has 2 aromatic rings. The van der Waals surface area contributed by atoms with Crippen LogP contribution in [-0.2, 0) is 6.54 Å². The van der Waals surface area contributed by atoms with Crippen molar-refractivity contribution in [1.29, 1.82) is 0 Å². The molecule has 0 bridgehead atoms. The summed E-state index contributed by atoms with van der Waals surface area (Å²) < 4.78 is 1.63. The number of hydrogen-bond donors (Lipinski definition) is 1. The summed E-state index contributed by atoms with van der Waals surface area (Å²) >= 11 is 1.51. The van der Waals surface area contributed by atoms with Gasteiger partial charge in [-0.15, -0.1) is 15.3 Å². The first-order valence-corrected chi connectivity index (χ1v) is 5.47. The highest BCUT2D eigenvalue weighted by atomic mass is 32.1. The van der Waals surface area contributed by atoms with Crippen molar-refractivity contribution in [1.82, 2.24) is 25.2 Å². The molecule has 2 rings (SSSR count). The molecule has 0 spiro atoms. The molecule has 6 nitrogen and oxygen atoms in total. The van der Waals surface area contributed by atoms with Gasteiger partial charge in [0.25, 0.3) is 0 Å². The predicted molar refractivity (Wildman–Crippen MR) is 56.8 cm³/mol. The molecule has 80 valence electrons. The van der Waals surface area contributed by atoms with Crippen molar-refractivity contribution in [3.8, 4) is 5.13 Å². The third-order valence-corrected chi connectivity index (χ3v) is 3.13. The second-order valence-corrected chi connectivity index (χ2v) is 4.41. The summed E-state index contributed by atoms with van der Waals surface area (Å²) in [5, 5.41) is 17.6. The summed E-state index contributed by atoms with van der Waals surface area (Å²) in [5.74, 6) is 0.376. The molecule has 0 aliphatic heterocycles.